The van der Waals surface area contributed by atoms with Gasteiger partial charge in [0.15, 0.2) is 0 Å². The summed E-state index contributed by atoms with van der Waals surface area (Å²) in [4.78, 5) is 0. The molecule has 0 heterocycles. The maximum Gasteiger partial charge on any atom is 0.0405 e. The van der Waals surface area contributed by atoms with Gasteiger partial charge in [0.05, 0.1) is 0 Å². The van der Waals surface area contributed by atoms with Crippen LogP contribution in [-0.4, -0.2) is 0 Å². The second-order valence-corrected chi connectivity index (χ2v) is 10.9. The molecular weight excluding hydrogens is 415 g/mol. The Balaban J connectivity index is 0.000000290. The fourth-order valence-electron chi connectivity index (χ4n) is 3.16. The molecule has 26 heavy (non-hydrogen) atoms. The number of halogens is 1. The van der Waals surface area contributed by atoms with Crippen LogP contribution in [0.4, 0.5) is 0 Å². The van der Waals surface area contributed by atoms with Crippen molar-refractivity contribution in [2.45, 2.75) is 65.2 Å². The SMILES string of the molecule is CCCCC1=[C]([Zr][C]2=C(CCCC)C=CC2)CC=C1.Clc1ccccc1. The second-order valence-electron chi connectivity index (χ2n) is 6.85. The van der Waals surface area contributed by atoms with E-state index in [0.717, 1.165) is 5.02 Å². The van der Waals surface area contributed by atoms with Crippen molar-refractivity contribution < 1.29 is 23.2 Å². The van der Waals surface area contributed by atoms with E-state index in [1.54, 1.807) is 11.1 Å². The van der Waals surface area contributed by atoms with Crippen LogP contribution in [0.2, 0.25) is 5.02 Å². The van der Waals surface area contributed by atoms with Crippen molar-refractivity contribution in [2.75, 3.05) is 0 Å². The van der Waals surface area contributed by atoms with Crippen LogP contribution in [0, 0.1) is 0 Å². The summed E-state index contributed by atoms with van der Waals surface area (Å²) in [7, 11) is 0. The molecule has 0 N–H and O–H groups in total. The number of allylic oxidation sites excluding steroid dienone is 8. The summed E-state index contributed by atoms with van der Waals surface area (Å²) in [6.07, 6.45) is 20.2. The summed E-state index contributed by atoms with van der Waals surface area (Å²) in [5, 5.41) is 0.794. The van der Waals surface area contributed by atoms with Crippen molar-refractivity contribution in [3.8, 4) is 0 Å². The van der Waals surface area contributed by atoms with Crippen LogP contribution in [0.25, 0.3) is 0 Å². The average molecular weight is 446 g/mol. The predicted molar refractivity (Wildman–Crippen MR) is 112 cm³/mol. The first-order valence-electron chi connectivity index (χ1n) is 9.99. The average Bonchev–Trinajstić information content (AvgIpc) is 3.29. The van der Waals surface area contributed by atoms with Gasteiger partial charge in [-0.3, -0.25) is 0 Å². The molecule has 0 amide bonds. The Morgan fingerprint density at radius 2 is 1.31 bits per heavy atom. The molecular formula is C24H31ClZr. The minimum atomic E-state index is -0.463. The van der Waals surface area contributed by atoms with Gasteiger partial charge in [0.2, 0.25) is 0 Å². The third kappa shape index (κ3) is 7.53. The van der Waals surface area contributed by atoms with Gasteiger partial charge >= 0.3 is 130 Å². The molecule has 2 heteroatoms. The summed E-state index contributed by atoms with van der Waals surface area (Å²) in [6, 6.07) is 9.44. The van der Waals surface area contributed by atoms with Crippen molar-refractivity contribution in [1.82, 2.24) is 0 Å². The molecule has 2 aliphatic rings. The first kappa shape index (κ1) is 21.7. The monoisotopic (exact) mass is 444 g/mol. The number of rotatable bonds is 8. The van der Waals surface area contributed by atoms with Gasteiger partial charge < -0.3 is 0 Å². The Morgan fingerprint density at radius 3 is 1.69 bits per heavy atom. The van der Waals surface area contributed by atoms with E-state index in [1.807, 2.05) is 36.9 Å². The number of unbranched alkanes of at least 4 members (excludes halogenated alkanes) is 2. The van der Waals surface area contributed by atoms with Gasteiger partial charge in [-0.2, -0.15) is 0 Å². The summed E-state index contributed by atoms with van der Waals surface area (Å²) in [5.41, 5.74) is 3.42. The Kier molecular flexibility index (Phi) is 10.6. The molecule has 0 aliphatic heterocycles. The Labute approximate surface area is 176 Å². The number of hydrogen-bond donors (Lipinski definition) is 0. The van der Waals surface area contributed by atoms with E-state index >= 15 is 0 Å². The normalized spacial score (nSPS) is 15.5. The zero-order valence-corrected chi connectivity index (χ0v) is 19.4. The molecule has 0 fully saturated rings. The molecule has 0 unspecified atom stereocenters. The van der Waals surface area contributed by atoms with Crippen molar-refractivity contribution in [2.24, 2.45) is 0 Å². The molecule has 1 aromatic carbocycles. The van der Waals surface area contributed by atoms with E-state index < -0.39 is 23.2 Å². The van der Waals surface area contributed by atoms with Gasteiger partial charge in [0.25, 0.3) is 0 Å². The van der Waals surface area contributed by atoms with Gasteiger partial charge in [-0.25, -0.2) is 0 Å². The van der Waals surface area contributed by atoms with E-state index in [2.05, 4.69) is 38.2 Å². The first-order valence-corrected chi connectivity index (χ1v) is 12.8. The molecule has 0 aromatic heterocycles. The molecule has 3 rings (SSSR count). The van der Waals surface area contributed by atoms with Gasteiger partial charge in [0.1, 0.15) is 0 Å². The maximum atomic E-state index is 5.54. The van der Waals surface area contributed by atoms with Crippen LogP contribution >= 0.6 is 11.6 Å². The van der Waals surface area contributed by atoms with Gasteiger partial charge in [-0.15, -0.1) is 0 Å². The molecule has 0 nitrogen and oxygen atoms in total. The molecule has 0 saturated heterocycles. The van der Waals surface area contributed by atoms with Crippen molar-refractivity contribution in [1.29, 1.82) is 0 Å². The smallest absolute Gasteiger partial charge is 0.0405 e. The quantitative estimate of drug-likeness (QED) is 0.378. The fourth-order valence-corrected chi connectivity index (χ4v) is 7.10. The first-order chi connectivity index (χ1) is 12.7. The van der Waals surface area contributed by atoms with E-state index in [-0.39, 0.29) is 0 Å². The van der Waals surface area contributed by atoms with E-state index in [0.29, 0.717) is 0 Å². The van der Waals surface area contributed by atoms with Crippen molar-refractivity contribution >= 4 is 11.6 Å². The van der Waals surface area contributed by atoms with Crippen LogP contribution in [-0.2, 0) is 23.2 Å². The Bertz CT molecular complexity index is 625. The zero-order valence-electron chi connectivity index (χ0n) is 16.2. The topological polar surface area (TPSA) is 0 Å². The third-order valence-corrected chi connectivity index (χ3v) is 9.01. The van der Waals surface area contributed by atoms with Crippen LogP contribution in [0.1, 0.15) is 65.2 Å². The van der Waals surface area contributed by atoms with Crippen LogP contribution < -0.4 is 0 Å². The van der Waals surface area contributed by atoms with E-state index in [1.165, 1.54) is 51.4 Å². The van der Waals surface area contributed by atoms with Crippen molar-refractivity contribution in [3.05, 3.63) is 77.4 Å². The molecule has 138 valence electrons. The zero-order chi connectivity index (χ0) is 18.6. The van der Waals surface area contributed by atoms with Crippen LogP contribution in [0.15, 0.2) is 72.3 Å². The summed E-state index contributed by atoms with van der Waals surface area (Å²) in [6.45, 7) is 4.59. The Hall–Kier alpha value is -0.647. The number of hydrogen-bond acceptors (Lipinski definition) is 0. The van der Waals surface area contributed by atoms with Crippen LogP contribution in [0.3, 0.4) is 0 Å². The molecule has 1 aromatic rings. The largest absolute Gasteiger partial charge is 0.0843 e. The number of benzene rings is 1. The minimum Gasteiger partial charge on any atom is -0.0843 e. The standard InChI is InChI=1S/2C9H13.C6H5Cl.Zr/c2*1-2-3-6-9-7-4-5-8-9;7-6-4-2-1-3-5-6;/h2*4,7H,2-3,5-6H2,1H3;1-5H;. The van der Waals surface area contributed by atoms with Crippen molar-refractivity contribution in [3.63, 3.8) is 0 Å². The molecule has 2 aliphatic carbocycles. The second kappa shape index (κ2) is 12.7. The molecule has 0 radical (unpaired) electrons. The van der Waals surface area contributed by atoms with Gasteiger partial charge in [0, 0.05) is 5.02 Å². The molecule has 0 spiro atoms. The summed E-state index contributed by atoms with van der Waals surface area (Å²) < 4.78 is 3.73. The summed E-state index contributed by atoms with van der Waals surface area (Å²) in [5.74, 6) is 0. The van der Waals surface area contributed by atoms with Gasteiger partial charge in [-0.1, -0.05) is 29.8 Å². The van der Waals surface area contributed by atoms with Gasteiger partial charge in [-0.05, 0) is 12.1 Å². The summed E-state index contributed by atoms with van der Waals surface area (Å²) >= 11 is 5.08. The Morgan fingerprint density at radius 1 is 0.808 bits per heavy atom. The molecule has 0 atom stereocenters. The molecule has 0 saturated carbocycles. The maximum absolute atomic E-state index is 5.54. The van der Waals surface area contributed by atoms with E-state index in [9.17, 15) is 0 Å². The van der Waals surface area contributed by atoms with Crippen LogP contribution in [0.5, 0.6) is 0 Å². The van der Waals surface area contributed by atoms with E-state index in [4.69, 9.17) is 11.6 Å². The fraction of sp³-hybridized carbons (Fsp3) is 0.417. The minimum absolute atomic E-state index is 0.463. The third-order valence-electron chi connectivity index (χ3n) is 4.69. The molecule has 0 bridgehead atoms. The predicted octanol–water partition coefficient (Wildman–Crippen LogP) is 8.22.